The number of nitrogens with zero attached hydrogens (tertiary/aromatic N) is 3. The predicted octanol–water partition coefficient (Wildman–Crippen LogP) is 6.10. The minimum Gasteiger partial charge on any atom is -0.337 e. The maximum absolute atomic E-state index is 13.2. The van der Waals surface area contributed by atoms with Crippen LogP contribution in [0.4, 0.5) is 0 Å². The van der Waals surface area contributed by atoms with Gasteiger partial charge in [0, 0.05) is 30.7 Å². The van der Waals surface area contributed by atoms with Crippen LogP contribution in [0.2, 0.25) is 10.0 Å². The number of fused-ring (bicyclic) bond motifs is 1. The van der Waals surface area contributed by atoms with Gasteiger partial charge in [0.15, 0.2) is 0 Å². The number of rotatable bonds is 4. The maximum atomic E-state index is 13.2. The molecule has 2 saturated heterocycles. The average Bonchev–Trinajstić information content (AvgIpc) is 2.86. The number of piperidine rings is 2. The normalized spacial score (nSPS) is 18.7. The summed E-state index contributed by atoms with van der Waals surface area (Å²) < 4.78 is 0. The quantitative estimate of drug-likeness (QED) is 0.451. The highest BCUT2D eigenvalue weighted by atomic mass is 35.5. The van der Waals surface area contributed by atoms with Gasteiger partial charge in [-0.3, -0.25) is 9.78 Å². The van der Waals surface area contributed by atoms with E-state index in [0.29, 0.717) is 27.7 Å². The van der Waals surface area contributed by atoms with Crippen molar-refractivity contribution in [2.45, 2.75) is 38.1 Å². The summed E-state index contributed by atoms with van der Waals surface area (Å²) in [5.74, 6) is 0.753. The van der Waals surface area contributed by atoms with Crippen LogP contribution in [-0.2, 0) is 6.42 Å². The van der Waals surface area contributed by atoms with E-state index in [1.165, 1.54) is 18.4 Å². The number of pyridine rings is 1. The molecule has 2 fully saturated rings. The van der Waals surface area contributed by atoms with E-state index >= 15 is 0 Å². The molecule has 0 saturated carbocycles. The molecule has 2 aliphatic heterocycles. The lowest BCUT2D eigenvalue weighted by Crippen LogP contribution is -2.49. The molecule has 3 aromatic rings. The third kappa shape index (κ3) is 5.03. The number of likely N-dealkylation sites (tertiary alicyclic amines) is 2. The van der Waals surface area contributed by atoms with Crippen LogP contribution in [0.3, 0.4) is 0 Å². The van der Waals surface area contributed by atoms with Gasteiger partial charge in [-0.2, -0.15) is 0 Å². The molecule has 2 aromatic carbocycles. The van der Waals surface area contributed by atoms with E-state index in [1.807, 2.05) is 47.4 Å². The molecule has 5 rings (SSSR count). The SMILES string of the molecule is O=C(c1nccc2ccccc12)N1CCC(N2CCC(Cc3ccc(Cl)c(Cl)c3)CC2)CC1. The maximum Gasteiger partial charge on any atom is 0.273 e. The molecule has 0 N–H and O–H groups in total. The molecule has 0 bridgehead atoms. The molecule has 33 heavy (non-hydrogen) atoms. The van der Waals surface area contributed by atoms with Crippen LogP contribution in [0.15, 0.2) is 54.7 Å². The second-order valence-electron chi connectivity index (χ2n) is 9.34. The minimum atomic E-state index is 0.0607. The lowest BCUT2D eigenvalue weighted by atomic mass is 9.88. The number of halogens is 2. The van der Waals surface area contributed by atoms with E-state index in [9.17, 15) is 4.79 Å². The second-order valence-corrected chi connectivity index (χ2v) is 10.2. The summed E-state index contributed by atoms with van der Waals surface area (Å²) in [5, 5.41) is 3.27. The number of hydrogen-bond acceptors (Lipinski definition) is 3. The van der Waals surface area contributed by atoms with Crippen LogP contribution < -0.4 is 0 Å². The van der Waals surface area contributed by atoms with Crippen molar-refractivity contribution in [2.75, 3.05) is 26.2 Å². The van der Waals surface area contributed by atoms with Crippen LogP contribution in [0.1, 0.15) is 41.7 Å². The highest BCUT2D eigenvalue weighted by molar-refractivity contribution is 6.42. The molecule has 1 amide bonds. The van der Waals surface area contributed by atoms with Crippen LogP contribution >= 0.6 is 23.2 Å². The van der Waals surface area contributed by atoms with E-state index in [-0.39, 0.29) is 5.91 Å². The first kappa shape index (κ1) is 22.6. The highest BCUT2D eigenvalue weighted by Crippen LogP contribution is 2.29. The summed E-state index contributed by atoms with van der Waals surface area (Å²) in [5.41, 5.74) is 1.85. The van der Waals surface area contributed by atoms with E-state index < -0.39 is 0 Å². The molecule has 3 heterocycles. The molecule has 2 aliphatic rings. The first-order valence-electron chi connectivity index (χ1n) is 11.9. The van der Waals surface area contributed by atoms with E-state index in [2.05, 4.69) is 16.0 Å². The van der Waals surface area contributed by atoms with Gasteiger partial charge < -0.3 is 9.80 Å². The Morgan fingerprint density at radius 2 is 1.67 bits per heavy atom. The third-order valence-corrected chi connectivity index (χ3v) is 8.04. The summed E-state index contributed by atoms with van der Waals surface area (Å²) in [7, 11) is 0. The van der Waals surface area contributed by atoms with Crippen molar-refractivity contribution in [1.82, 2.24) is 14.8 Å². The van der Waals surface area contributed by atoms with Gasteiger partial charge >= 0.3 is 0 Å². The third-order valence-electron chi connectivity index (χ3n) is 7.30. The van der Waals surface area contributed by atoms with E-state index in [0.717, 1.165) is 56.2 Å². The van der Waals surface area contributed by atoms with Crippen LogP contribution in [0.25, 0.3) is 10.8 Å². The fraction of sp³-hybridized carbons (Fsp3) is 0.407. The van der Waals surface area contributed by atoms with Gasteiger partial charge in [-0.1, -0.05) is 53.5 Å². The molecule has 0 aliphatic carbocycles. The zero-order valence-electron chi connectivity index (χ0n) is 18.7. The summed E-state index contributed by atoms with van der Waals surface area (Å²) in [4.78, 5) is 22.2. The van der Waals surface area contributed by atoms with E-state index in [1.54, 1.807) is 6.20 Å². The van der Waals surface area contributed by atoms with Crippen molar-refractivity contribution in [3.8, 4) is 0 Å². The first-order chi connectivity index (χ1) is 16.1. The number of benzene rings is 2. The number of amides is 1. The fourth-order valence-corrected chi connectivity index (χ4v) is 5.72. The molecular formula is C27H29Cl2N3O. The summed E-state index contributed by atoms with van der Waals surface area (Å²) in [6.07, 6.45) is 7.29. The molecule has 0 spiro atoms. The first-order valence-corrected chi connectivity index (χ1v) is 12.6. The zero-order chi connectivity index (χ0) is 22.8. The molecule has 0 unspecified atom stereocenters. The predicted molar refractivity (Wildman–Crippen MR) is 135 cm³/mol. The summed E-state index contributed by atoms with van der Waals surface area (Å²) >= 11 is 12.2. The minimum absolute atomic E-state index is 0.0607. The Bertz CT molecular complexity index is 1130. The Kier molecular flexibility index (Phi) is 6.86. The largest absolute Gasteiger partial charge is 0.337 e. The molecule has 1 aromatic heterocycles. The van der Waals surface area contributed by atoms with Crippen molar-refractivity contribution in [3.63, 3.8) is 0 Å². The van der Waals surface area contributed by atoms with Crippen LogP contribution in [0, 0.1) is 5.92 Å². The smallest absolute Gasteiger partial charge is 0.273 e. The number of carbonyl (C=O) groups is 1. The highest BCUT2D eigenvalue weighted by Gasteiger charge is 2.30. The Labute approximate surface area is 205 Å². The average molecular weight is 482 g/mol. The van der Waals surface area contributed by atoms with Crippen molar-refractivity contribution in [1.29, 1.82) is 0 Å². The number of hydrogen-bond donors (Lipinski definition) is 0. The van der Waals surface area contributed by atoms with Crippen LogP contribution in [-0.4, -0.2) is 52.9 Å². The molecule has 0 radical (unpaired) electrons. The molecule has 172 valence electrons. The van der Waals surface area contributed by atoms with Gasteiger partial charge in [-0.15, -0.1) is 0 Å². The standard InChI is InChI=1S/C27H29Cl2N3O/c28-24-6-5-20(18-25(24)29)17-19-8-13-31(14-9-19)22-10-15-32(16-11-22)27(33)26-23-4-2-1-3-21(23)7-12-30-26/h1-7,12,18-19,22H,8-11,13-17H2. The van der Waals surface area contributed by atoms with Gasteiger partial charge in [0.05, 0.1) is 10.0 Å². The molecular weight excluding hydrogens is 453 g/mol. The van der Waals surface area contributed by atoms with Crippen LogP contribution in [0.5, 0.6) is 0 Å². The van der Waals surface area contributed by atoms with Crippen molar-refractivity contribution < 1.29 is 4.79 Å². The zero-order valence-corrected chi connectivity index (χ0v) is 20.2. The topological polar surface area (TPSA) is 36.4 Å². The van der Waals surface area contributed by atoms with E-state index in [4.69, 9.17) is 23.2 Å². The lowest BCUT2D eigenvalue weighted by Gasteiger charge is -2.42. The second kappa shape index (κ2) is 10.0. The summed E-state index contributed by atoms with van der Waals surface area (Å²) in [6.45, 7) is 3.88. The van der Waals surface area contributed by atoms with Gasteiger partial charge in [-0.05, 0) is 80.3 Å². The Morgan fingerprint density at radius 3 is 2.42 bits per heavy atom. The van der Waals surface area contributed by atoms with Crippen molar-refractivity contribution in [2.24, 2.45) is 5.92 Å². The van der Waals surface area contributed by atoms with Crippen molar-refractivity contribution in [3.05, 3.63) is 76.0 Å². The van der Waals surface area contributed by atoms with Crippen molar-refractivity contribution >= 4 is 39.9 Å². The fourth-order valence-electron chi connectivity index (χ4n) is 5.40. The Morgan fingerprint density at radius 1 is 0.909 bits per heavy atom. The molecule has 0 atom stereocenters. The van der Waals surface area contributed by atoms with Gasteiger partial charge in [0.2, 0.25) is 0 Å². The summed E-state index contributed by atoms with van der Waals surface area (Å²) in [6, 6.07) is 16.5. The number of aromatic nitrogens is 1. The van der Waals surface area contributed by atoms with Gasteiger partial charge in [-0.25, -0.2) is 0 Å². The number of carbonyl (C=O) groups excluding carboxylic acids is 1. The Hall–Kier alpha value is -2.14. The van der Waals surface area contributed by atoms with Gasteiger partial charge in [0.1, 0.15) is 5.69 Å². The molecule has 4 nitrogen and oxygen atoms in total. The Balaban J connectivity index is 1.13. The monoisotopic (exact) mass is 481 g/mol. The lowest BCUT2D eigenvalue weighted by molar-refractivity contribution is 0.0549. The molecule has 6 heteroatoms. The van der Waals surface area contributed by atoms with Gasteiger partial charge in [0.25, 0.3) is 5.91 Å².